The number of aromatic nitrogens is 1. The number of thiazole rings is 1. The fraction of sp³-hybridized carbons (Fsp3) is 0.172. The third kappa shape index (κ3) is 4.86. The molecule has 0 aliphatic carbocycles. The van der Waals surface area contributed by atoms with Gasteiger partial charge in [0.2, 0.25) is 0 Å². The van der Waals surface area contributed by atoms with E-state index in [1.54, 1.807) is 36.4 Å². The van der Waals surface area contributed by atoms with Crippen LogP contribution in [0, 0.1) is 0 Å². The zero-order chi connectivity index (χ0) is 27.7. The van der Waals surface area contributed by atoms with Gasteiger partial charge in [0.1, 0.15) is 11.5 Å². The minimum absolute atomic E-state index is 0.236. The molecular weight excluding hydrogens is 540 g/mol. The van der Waals surface area contributed by atoms with Crippen LogP contribution in [0.15, 0.2) is 86.1 Å². The number of ether oxygens (including phenoxy) is 2. The largest absolute Gasteiger partial charge is 0.466 e. The van der Waals surface area contributed by atoms with Crippen LogP contribution in [-0.2, 0) is 14.3 Å². The van der Waals surface area contributed by atoms with Crippen LogP contribution in [0.5, 0.6) is 0 Å². The van der Waals surface area contributed by atoms with Gasteiger partial charge in [-0.1, -0.05) is 66.3 Å². The lowest BCUT2D eigenvalue weighted by Gasteiger charge is -2.25. The summed E-state index contributed by atoms with van der Waals surface area (Å²) in [6.45, 7) is 1.91. The van der Waals surface area contributed by atoms with Crippen molar-refractivity contribution >= 4 is 41.0 Å². The van der Waals surface area contributed by atoms with E-state index in [4.69, 9.17) is 25.5 Å². The monoisotopic (exact) mass is 562 g/mol. The average Bonchev–Trinajstić information content (AvgIpc) is 3.55. The molecule has 1 atom stereocenters. The van der Waals surface area contributed by atoms with Gasteiger partial charge >= 0.3 is 11.9 Å². The number of rotatable bonds is 6. The van der Waals surface area contributed by atoms with Gasteiger partial charge in [-0.3, -0.25) is 9.36 Å². The van der Waals surface area contributed by atoms with E-state index in [-0.39, 0.29) is 16.1 Å². The second-order valence-electron chi connectivity index (χ2n) is 8.59. The number of nitrogens with zero attached hydrogens (tertiary/aromatic N) is 2. The highest BCUT2D eigenvalue weighted by Gasteiger charge is 2.33. The van der Waals surface area contributed by atoms with Crippen LogP contribution < -0.4 is 14.9 Å². The predicted octanol–water partition coefficient (Wildman–Crippen LogP) is 4.50. The maximum absolute atomic E-state index is 13.7. The zero-order valence-electron chi connectivity index (χ0n) is 21.3. The number of fused-ring (bicyclic) bond motifs is 1. The van der Waals surface area contributed by atoms with Crippen molar-refractivity contribution in [1.29, 1.82) is 0 Å². The lowest BCUT2D eigenvalue weighted by molar-refractivity contribution is -0.136. The van der Waals surface area contributed by atoms with E-state index in [0.29, 0.717) is 44.1 Å². The number of carbonyl (C=O) groups excluding carboxylic acids is 2. The summed E-state index contributed by atoms with van der Waals surface area (Å²) in [6.07, 6.45) is 2.14. The van der Waals surface area contributed by atoms with E-state index < -0.39 is 18.0 Å². The van der Waals surface area contributed by atoms with Crippen molar-refractivity contribution in [2.24, 2.45) is 4.99 Å². The molecule has 198 valence electrons. The molecule has 0 amide bonds. The summed E-state index contributed by atoms with van der Waals surface area (Å²) in [5.41, 5.74) is 2.31. The molecule has 0 spiro atoms. The summed E-state index contributed by atoms with van der Waals surface area (Å²) in [5.74, 6) is -0.0953. The Labute approximate surface area is 232 Å². The third-order valence-electron chi connectivity index (χ3n) is 6.32. The minimum Gasteiger partial charge on any atom is -0.466 e. The Balaban J connectivity index is 1.60. The summed E-state index contributed by atoms with van der Waals surface area (Å²) < 4.78 is 17.7. The van der Waals surface area contributed by atoms with E-state index in [9.17, 15) is 14.4 Å². The van der Waals surface area contributed by atoms with Gasteiger partial charge in [-0.05, 0) is 36.2 Å². The first-order chi connectivity index (χ1) is 18.9. The van der Waals surface area contributed by atoms with E-state index in [1.807, 2.05) is 37.3 Å². The number of hydrogen-bond donors (Lipinski definition) is 0. The number of furan rings is 1. The average molecular weight is 563 g/mol. The molecule has 10 heteroatoms. The van der Waals surface area contributed by atoms with Gasteiger partial charge in [0.25, 0.3) is 5.56 Å². The maximum Gasteiger partial charge on any atom is 0.339 e. The van der Waals surface area contributed by atoms with Crippen LogP contribution in [0.25, 0.3) is 17.4 Å². The standard InChI is InChI=1S/C29H23ClN2O6S/c1-4-21-24(28(35)37-3)25(16-8-6-5-7-9-16)32-26(33)23(39-29(32)31-21)15-18-11-13-22(38-18)17-10-12-19(20(30)14-17)27(34)36-2/h5-15,25H,4H2,1-3H3/b23-15-/t25-/m1/s1. The third-order valence-corrected chi connectivity index (χ3v) is 7.62. The lowest BCUT2D eigenvalue weighted by Crippen LogP contribution is -2.40. The zero-order valence-corrected chi connectivity index (χ0v) is 22.8. The molecule has 5 rings (SSSR count). The van der Waals surface area contributed by atoms with E-state index in [2.05, 4.69) is 4.99 Å². The van der Waals surface area contributed by atoms with Crippen LogP contribution in [-0.4, -0.2) is 30.7 Å². The Kier molecular flexibility index (Phi) is 7.36. The number of methoxy groups -OCH3 is 2. The smallest absolute Gasteiger partial charge is 0.339 e. The summed E-state index contributed by atoms with van der Waals surface area (Å²) in [6, 6.07) is 17.1. The highest BCUT2D eigenvalue weighted by molar-refractivity contribution is 7.07. The molecule has 0 unspecified atom stereocenters. The van der Waals surface area contributed by atoms with Crippen LogP contribution >= 0.6 is 22.9 Å². The topological polar surface area (TPSA) is 100 Å². The molecule has 0 bridgehead atoms. The number of allylic oxidation sites excluding steroid dienone is 1. The number of carbonyl (C=O) groups is 2. The highest BCUT2D eigenvalue weighted by atomic mass is 35.5. The SMILES string of the molecule is CCC1=C(C(=O)OC)[C@@H](c2ccccc2)n2c(s/c(=C\c3ccc(-c4ccc(C(=O)OC)c(Cl)c4)o3)c2=O)=N1. The van der Waals surface area contributed by atoms with Gasteiger partial charge in [0, 0.05) is 11.6 Å². The predicted molar refractivity (Wildman–Crippen MR) is 147 cm³/mol. The Hall–Kier alpha value is -4.21. The first kappa shape index (κ1) is 26.4. The number of halogens is 1. The van der Waals surface area contributed by atoms with Crippen molar-refractivity contribution in [2.75, 3.05) is 14.2 Å². The van der Waals surface area contributed by atoms with Crippen LogP contribution in [0.3, 0.4) is 0 Å². The second kappa shape index (κ2) is 10.9. The summed E-state index contributed by atoms with van der Waals surface area (Å²) in [5, 5.41) is 0.236. The number of hydrogen-bond acceptors (Lipinski definition) is 8. The molecule has 2 aromatic carbocycles. The van der Waals surface area contributed by atoms with Crippen molar-refractivity contribution in [3.63, 3.8) is 0 Å². The summed E-state index contributed by atoms with van der Waals surface area (Å²) in [7, 11) is 2.61. The molecule has 0 radical (unpaired) electrons. The fourth-order valence-electron chi connectivity index (χ4n) is 4.47. The van der Waals surface area contributed by atoms with E-state index >= 15 is 0 Å². The van der Waals surface area contributed by atoms with Gasteiger partial charge < -0.3 is 13.9 Å². The Bertz CT molecular complexity index is 1800. The van der Waals surface area contributed by atoms with Crippen molar-refractivity contribution in [1.82, 2.24) is 4.57 Å². The molecule has 3 heterocycles. The summed E-state index contributed by atoms with van der Waals surface area (Å²) >= 11 is 7.48. The highest BCUT2D eigenvalue weighted by Crippen LogP contribution is 2.32. The Morgan fingerprint density at radius 3 is 2.49 bits per heavy atom. The fourth-order valence-corrected chi connectivity index (χ4v) is 5.73. The van der Waals surface area contributed by atoms with Gasteiger partial charge in [0.15, 0.2) is 4.80 Å². The number of esters is 2. The normalized spacial score (nSPS) is 15.1. The van der Waals surface area contributed by atoms with Crippen LogP contribution in [0.2, 0.25) is 5.02 Å². The molecule has 0 saturated carbocycles. The van der Waals surface area contributed by atoms with Gasteiger partial charge in [0.05, 0.1) is 46.7 Å². The van der Waals surface area contributed by atoms with Crippen molar-refractivity contribution < 1.29 is 23.5 Å². The molecule has 0 saturated heterocycles. The molecule has 0 fully saturated rings. The Morgan fingerprint density at radius 2 is 1.82 bits per heavy atom. The molecular formula is C29H23ClN2O6S. The van der Waals surface area contributed by atoms with E-state index in [0.717, 1.165) is 5.56 Å². The van der Waals surface area contributed by atoms with Gasteiger partial charge in [-0.15, -0.1) is 0 Å². The van der Waals surface area contributed by atoms with E-state index in [1.165, 1.54) is 30.1 Å². The molecule has 4 aromatic rings. The molecule has 1 aliphatic heterocycles. The first-order valence-corrected chi connectivity index (χ1v) is 13.2. The molecule has 0 N–H and O–H groups in total. The molecule has 2 aromatic heterocycles. The lowest BCUT2D eigenvalue weighted by atomic mass is 9.95. The second-order valence-corrected chi connectivity index (χ2v) is 10.0. The van der Waals surface area contributed by atoms with Crippen molar-refractivity contribution in [3.05, 3.63) is 114 Å². The van der Waals surface area contributed by atoms with Crippen LogP contribution in [0.4, 0.5) is 0 Å². The minimum atomic E-state index is -0.672. The quantitative estimate of drug-likeness (QED) is 0.321. The van der Waals surface area contributed by atoms with Gasteiger partial charge in [-0.2, -0.15) is 0 Å². The van der Waals surface area contributed by atoms with Gasteiger partial charge in [-0.25, -0.2) is 14.6 Å². The summed E-state index contributed by atoms with van der Waals surface area (Å²) in [4.78, 5) is 43.6. The molecule has 39 heavy (non-hydrogen) atoms. The van der Waals surface area contributed by atoms with Crippen LogP contribution in [0.1, 0.15) is 41.1 Å². The molecule has 8 nitrogen and oxygen atoms in total. The Morgan fingerprint density at radius 1 is 1.08 bits per heavy atom. The maximum atomic E-state index is 13.7. The first-order valence-electron chi connectivity index (χ1n) is 12.0. The molecule has 1 aliphatic rings. The van der Waals surface area contributed by atoms with Crippen molar-refractivity contribution in [3.8, 4) is 11.3 Å². The number of benzene rings is 2. The van der Waals surface area contributed by atoms with Crippen molar-refractivity contribution in [2.45, 2.75) is 19.4 Å².